The number of rotatable bonds is 4. The molecule has 5 nitrogen and oxygen atoms in total. The van der Waals surface area contributed by atoms with Gasteiger partial charge < -0.3 is 10.1 Å². The van der Waals surface area contributed by atoms with E-state index in [1.165, 1.54) is 6.20 Å². The van der Waals surface area contributed by atoms with E-state index in [0.29, 0.717) is 23.8 Å². The van der Waals surface area contributed by atoms with Crippen molar-refractivity contribution in [3.05, 3.63) is 46.9 Å². The highest BCUT2D eigenvalue weighted by Crippen LogP contribution is 2.25. The van der Waals surface area contributed by atoms with Crippen LogP contribution in [-0.2, 0) is 4.74 Å². The Morgan fingerprint density at radius 1 is 1.24 bits per heavy atom. The molecule has 2 aromatic rings. The molecule has 0 radical (unpaired) electrons. The molecule has 0 saturated carbocycles. The summed E-state index contributed by atoms with van der Waals surface area (Å²) in [5, 5.41) is 3.24. The van der Waals surface area contributed by atoms with Gasteiger partial charge in [0.15, 0.2) is 0 Å². The summed E-state index contributed by atoms with van der Waals surface area (Å²) in [5.74, 6) is 0.640. The Bertz CT molecular complexity index is 648. The Labute approximate surface area is 124 Å². The molecule has 0 unspecified atom stereocenters. The van der Waals surface area contributed by atoms with Crippen molar-refractivity contribution in [2.24, 2.45) is 0 Å². The van der Waals surface area contributed by atoms with Crippen molar-refractivity contribution in [3.63, 3.8) is 0 Å². The summed E-state index contributed by atoms with van der Waals surface area (Å²) in [7, 11) is 0. The standard InChI is InChI=1S/C16H19N3O2/c1-5-21-16(20)13-9-17-12(4)18-15(13)19-14-10(2)7-6-8-11(14)3/h6-9H,5H2,1-4H3,(H,17,18,19). The van der Waals surface area contributed by atoms with Gasteiger partial charge in [-0.25, -0.2) is 14.8 Å². The van der Waals surface area contributed by atoms with Gasteiger partial charge in [-0.05, 0) is 38.8 Å². The normalized spacial score (nSPS) is 10.3. The predicted octanol–water partition coefficient (Wildman–Crippen LogP) is 3.32. The highest BCUT2D eigenvalue weighted by molar-refractivity contribution is 5.95. The molecule has 110 valence electrons. The molecule has 0 aliphatic heterocycles. The zero-order valence-electron chi connectivity index (χ0n) is 12.7. The van der Waals surface area contributed by atoms with E-state index in [0.717, 1.165) is 16.8 Å². The molecule has 0 spiro atoms. The number of esters is 1. The number of aryl methyl sites for hydroxylation is 3. The van der Waals surface area contributed by atoms with Crippen molar-refractivity contribution < 1.29 is 9.53 Å². The fourth-order valence-corrected chi connectivity index (χ4v) is 2.05. The molecule has 0 atom stereocenters. The lowest BCUT2D eigenvalue weighted by molar-refractivity contribution is 0.0526. The first-order valence-corrected chi connectivity index (χ1v) is 6.87. The average molecular weight is 285 g/mol. The van der Waals surface area contributed by atoms with Crippen molar-refractivity contribution in [3.8, 4) is 0 Å². The Hall–Kier alpha value is -2.43. The maximum atomic E-state index is 12.0. The summed E-state index contributed by atoms with van der Waals surface area (Å²) in [6.45, 7) is 7.88. The van der Waals surface area contributed by atoms with Gasteiger partial charge in [0, 0.05) is 11.9 Å². The van der Waals surface area contributed by atoms with Crippen molar-refractivity contribution in [2.75, 3.05) is 11.9 Å². The maximum Gasteiger partial charge on any atom is 0.343 e. The molecule has 5 heteroatoms. The molecule has 2 rings (SSSR count). The van der Waals surface area contributed by atoms with Crippen LogP contribution in [0.5, 0.6) is 0 Å². The maximum absolute atomic E-state index is 12.0. The molecular weight excluding hydrogens is 266 g/mol. The Morgan fingerprint density at radius 2 is 1.90 bits per heavy atom. The van der Waals surface area contributed by atoms with Gasteiger partial charge in [-0.15, -0.1) is 0 Å². The molecule has 0 bridgehead atoms. The van der Waals surface area contributed by atoms with Crippen molar-refractivity contribution >= 4 is 17.5 Å². The molecular formula is C16H19N3O2. The van der Waals surface area contributed by atoms with Gasteiger partial charge in [-0.3, -0.25) is 0 Å². The van der Waals surface area contributed by atoms with Crippen LogP contribution in [0.15, 0.2) is 24.4 Å². The van der Waals surface area contributed by atoms with Crippen LogP contribution in [0.2, 0.25) is 0 Å². The number of para-hydroxylation sites is 1. The minimum atomic E-state index is -0.425. The SMILES string of the molecule is CCOC(=O)c1cnc(C)nc1Nc1c(C)cccc1C. The second kappa shape index (κ2) is 6.35. The number of nitrogens with one attached hydrogen (secondary N) is 1. The lowest BCUT2D eigenvalue weighted by Crippen LogP contribution is -2.11. The molecule has 0 saturated heterocycles. The van der Waals surface area contributed by atoms with Crippen molar-refractivity contribution in [1.29, 1.82) is 0 Å². The van der Waals surface area contributed by atoms with Gasteiger partial charge in [0.05, 0.1) is 6.61 Å². The third kappa shape index (κ3) is 3.37. The lowest BCUT2D eigenvalue weighted by atomic mass is 10.1. The first-order chi connectivity index (χ1) is 10.0. The van der Waals surface area contributed by atoms with Crippen LogP contribution < -0.4 is 5.32 Å². The van der Waals surface area contributed by atoms with Crippen LogP contribution in [0, 0.1) is 20.8 Å². The third-order valence-corrected chi connectivity index (χ3v) is 3.13. The van der Waals surface area contributed by atoms with Gasteiger partial charge >= 0.3 is 5.97 Å². The highest BCUT2D eigenvalue weighted by atomic mass is 16.5. The van der Waals surface area contributed by atoms with E-state index in [4.69, 9.17) is 4.74 Å². The minimum Gasteiger partial charge on any atom is -0.462 e. The molecule has 1 N–H and O–H groups in total. The number of nitrogens with zero attached hydrogens (tertiary/aromatic N) is 2. The van der Waals surface area contributed by atoms with Gasteiger partial charge in [0.2, 0.25) is 0 Å². The molecule has 1 heterocycles. The zero-order valence-corrected chi connectivity index (χ0v) is 12.7. The van der Waals surface area contributed by atoms with E-state index in [2.05, 4.69) is 15.3 Å². The van der Waals surface area contributed by atoms with Gasteiger partial charge in [-0.1, -0.05) is 18.2 Å². The number of benzene rings is 1. The first-order valence-electron chi connectivity index (χ1n) is 6.87. The lowest BCUT2D eigenvalue weighted by Gasteiger charge is -2.14. The molecule has 0 aliphatic rings. The third-order valence-electron chi connectivity index (χ3n) is 3.13. The number of carbonyl (C=O) groups excluding carboxylic acids is 1. The van der Waals surface area contributed by atoms with E-state index in [1.54, 1.807) is 13.8 Å². The largest absolute Gasteiger partial charge is 0.462 e. The van der Waals surface area contributed by atoms with Gasteiger partial charge in [0.1, 0.15) is 17.2 Å². The zero-order chi connectivity index (χ0) is 15.4. The van der Waals surface area contributed by atoms with Crippen LogP contribution in [0.3, 0.4) is 0 Å². The summed E-state index contributed by atoms with van der Waals surface area (Å²) in [4.78, 5) is 20.4. The molecule has 1 aromatic heterocycles. The molecule has 1 aromatic carbocycles. The summed E-state index contributed by atoms with van der Waals surface area (Å²) in [6, 6.07) is 6.01. The van der Waals surface area contributed by atoms with Crippen LogP contribution in [-0.4, -0.2) is 22.5 Å². The topological polar surface area (TPSA) is 64.1 Å². The van der Waals surface area contributed by atoms with Crippen LogP contribution >= 0.6 is 0 Å². The Kier molecular flexibility index (Phi) is 4.52. The predicted molar refractivity (Wildman–Crippen MR) is 81.9 cm³/mol. The van der Waals surface area contributed by atoms with E-state index in [1.807, 2.05) is 32.0 Å². The average Bonchev–Trinajstić information content (AvgIpc) is 2.43. The summed E-state index contributed by atoms with van der Waals surface area (Å²) < 4.78 is 5.05. The molecule has 0 amide bonds. The van der Waals surface area contributed by atoms with Gasteiger partial charge in [0.25, 0.3) is 0 Å². The summed E-state index contributed by atoms with van der Waals surface area (Å²) in [6.07, 6.45) is 1.50. The first kappa shape index (κ1) is 15.0. The fourth-order valence-electron chi connectivity index (χ4n) is 2.05. The second-order valence-electron chi connectivity index (χ2n) is 4.79. The molecule has 21 heavy (non-hydrogen) atoms. The summed E-state index contributed by atoms with van der Waals surface area (Å²) in [5.41, 5.74) is 3.45. The summed E-state index contributed by atoms with van der Waals surface area (Å²) >= 11 is 0. The smallest absolute Gasteiger partial charge is 0.343 e. The van der Waals surface area contributed by atoms with E-state index in [-0.39, 0.29) is 0 Å². The molecule has 0 aliphatic carbocycles. The van der Waals surface area contributed by atoms with Crippen molar-refractivity contribution in [2.45, 2.75) is 27.7 Å². The number of hydrogen-bond donors (Lipinski definition) is 1. The number of ether oxygens (including phenoxy) is 1. The van der Waals surface area contributed by atoms with Crippen LogP contribution in [0.25, 0.3) is 0 Å². The monoisotopic (exact) mass is 285 g/mol. The fraction of sp³-hybridized carbons (Fsp3) is 0.312. The van der Waals surface area contributed by atoms with E-state index < -0.39 is 5.97 Å². The quantitative estimate of drug-likeness (QED) is 0.873. The van der Waals surface area contributed by atoms with E-state index in [9.17, 15) is 4.79 Å². The van der Waals surface area contributed by atoms with Crippen molar-refractivity contribution in [1.82, 2.24) is 9.97 Å². The number of hydrogen-bond acceptors (Lipinski definition) is 5. The highest BCUT2D eigenvalue weighted by Gasteiger charge is 2.16. The minimum absolute atomic E-state index is 0.315. The van der Waals surface area contributed by atoms with Gasteiger partial charge in [-0.2, -0.15) is 0 Å². The Balaban J connectivity index is 2.43. The van der Waals surface area contributed by atoms with Crippen LogP contribution in [0.1, 0.15) is 34.2 Å². The number of carbonyl (C=O) groups is 1. The number of aromatic nitrogens is 2. The Morgan fingerprint density at radius 3 is 2.52 bits per heavy atom. The molecule has 0 fully saturated rings. The van der Waals surface area contributed by atoms with Crippen LogP contribution in [0.4, 0.5) is 11.5 Å². The number of anilines is 2. The van der Waals surface area contributed by atoms with E-state index >= 15 is 0 Å². The second-order valence-corrected chi connectivity index (χ2v) is 4.79.